The van der Waals surface area contributed by atoms with E-state index in [0.29, 0.717) is 6.54 Å². The highest BCUT2D eigenvalue weighted by Gasteiger charge is 2.39. The zero-order valence-electron chi connectivity index (χ0n) is 12.6. The molecule has 4 nitrogen and oxygen atoms in total. The fourth-order valence-electron chi connectivity index (χ4n) is 2.47. The van der Waals surface area contributed by atoms with E-state index in [4.69, 9.17) is 0 Å². The fraction of sp³-hybridized carbons (Fsp3) is 0.500. The first-order chi connectivity index (χ1) is 9.93. The van der Waals surface area contributed by atoms with Crippen LogP contribution in [0.15, 0.2) is 24.3 Å². The molecule has 1 fully saturated rings. The minimum atomic E-state index is -0.419. The van der Waals surface area contributed by atoms with Crippen molar-refractivity contribution in [3.63, 3.8) is 0 Å². The first-order valence-corrected chi connectivity index (χ1v) is 8.37. The Hall–Kier alpha value is -1.11. The van der Waals surface area contributed by atoms with Crippen LogP contribution in [0.5, 0.6) is 0 Å². The smallest absolute Gasteiger partial charge is 0.246 e. The molecule has 1 saturated heterocycles. The molecule has 0 bridgehead atoms. The van der Waals surface area contributed by atoms with E-state index in [9.17, 15) is 9.59 Å². The molecule has 0 spiro atoms. The number of rotatable bonds is 4. The predicted molar refractivity (Wildman–Crippen MR) is 90.6 cm³/mol. The van der Waals surface area contributed by atoms with Crippen molar-refractivity contribution in [2.24, 2.45) is 5.92 Å². The number of nitrogens with one attached hydrogen (secondary N) is 1. The van der Waals surface area contributed by atoms with Gasteiger partial charge in [-0.05, 0) is 53.1 Å². The Morgan fingerprint density at radius 2 is 1.90 bits per heavy atom. The molecule has 2 rings (SSSR count). The van der Waals surface area contributed by atoms with E-state index in [0.717, 1.165) is 15.6 Å². The Morgan fingerprint density at radius 3 is 2.48 bits per heavy atom. The average molecular weight is 400 g/mol. The first-order valence-electron chi connectivity index (χ1n) is 7.29. The molecule has 3 atom stereocenters. The highest BCUT2D eigenvalue weighted by molar-refractivity contribution is 14.1. The Balaban J connectivity index is 2.20. The summed E-state index contributed by atoms with van der Waals surface area (Å²) in [6.45, 7) is 6.30. The highest BCUT2D eigenvalue weighted by atomic mass is 127. The van der Waals surface area contributed by atoms with Gasteiger partial charge < -0.3 is 10.2 Å². The van der Waals surface area contributed by atoms with Crippen LogP contribution < -0.4 is 5.32 Å². The molecule has 1 aromatic rings. The summed E-state index contributed by atoms with van der Waals surface area (Å²) < 4.78 is 1.16. The summed E-state index contributed by atoms with van der Waals surface area (Å²) in [6.07, 6.45) is 0.864. The molecular formula is C16H21IN2O2. The van der Waals surface area contributed by atoms with E-state index in [2.05, 4.69) is 27.9 Å². The third-order valence-corrected chi connectivity index (χ3v) is 4.89. The third-order valence-electron chi connectivity index (χ3n) is 4.17. The van der Waals surface area contributed by atoms with Crippen LogP contribution in [0.4, 0.5) is 0 Å². The van der Waals surface area contributed by atoms with Gasteiger partial charge in [-0.1, -0.05) is 32.4 Å². The highest BCUT2D eigenvalue weighted by Crippen LogP contribution is 2.20. The lowest BCUT2D eigenvalue weighted by Gasteiger charge is -2.39. The second kappa shape index (κ2) is 6.77. The number of piperazine rings is 1. The van der Waals surface area contributed by atoms with Gasteiger partial charge in [0.05, 0.1) is 0 Å². The molecule has 0 saturated carbocycles. The van der Waals surface area contributed by atoms with Gasteiger partial charge in [-0.15, -0.1) is 0 Å². The fourth-order valence-corrected chi connectivity index (χ4v) is 2.83. The van der Waals surface area contributed by atoms with E-state index in [1.807, 2.05) is 38.1 Å². The van der Waals surface area contributed by atoms with Crippen LogP contribution in [0.25, 0.3) is 0 Å². The van der Waals surface area contributed by atoms with Crippen LogP contribution in [0.2, 0.25) is 0 Å². The second-order valence-corrected chi connectivity index (χ2v) is 6.89. The Labute approximate surface area is 139 Å². The van der Waals surface area contributed by atoms with Crippen molar-refractivity contribution in [2.75, 3.05) is 0 Å². The minimum absolute atomic E-state index is 0.0231. The number of carbonyl (C=O) groups excluding carboxylic acids is 2. The normalized spacial score (nSPS) is 23.9. The molecule has 1 aromatic carbocycles. The predicted octanol–water partition coefficient (Wildman–Crippen LogP) is 2.55. The summed E-state index contributed by atoms with van der Waals surface area (Å²) in [7, 11) is 0. The largest absolute Gasteiger partial charge is 0.342 e. The quantitative estimate of drug-likeness (QED) is 0.790. The molecule has 1 aliphatic heterocycles. The molecule has 1 N–H and O–H groups in total. The van der Waals surface area contributed by atoms with Crippen molar-refractivity contribution in [1.29, 1.82) is 0 Å². The molecule has 1 heterocycles. The van der Waals surface area contributed by atoms with Gasteiger partial charge in [0.2, 0.25) is 11.8 Å². The summed E-state index contributed by atoms with van der Waals surface area (Å²) in [5, 5.41) is 2.86. The molecule has 5 heteroatoms. The third kappa shape index (κ3) is 3.56. The maximum absolute atomic E-state index is 12.7. The van der Waals surface area contributed by atoms with Crippen molar-refractivity contribution in [3.05, 3.63) is 33.4 Å². The molecule has 0 aliphatic carbocycles. The molecule has 0 radical (unpaired) electrons. The summed E-state index contributed by atoms with van der Waals surface area (Å²) in [5.41, 5.74) is 1.05. The maximum atomic E-state index is 12.7. The molecular weight excluding hydrogens is 379 g/mol. The lowest BCUT2D eigenvalue weighted by Crippen LogP contribution is -2.63. The molecule has 1 aliphatic rings. The van der Waals surface area contributed by atoms with Gasteiger partial charge in [-0.2, -0.15) is 0 Å². The van der Waals surface area contributed by atoms with Crippen molar-refractivity contribution < 1.29 is 9.59 Å². The van der Waals surface area contributed by atoms with Gasteiger partial charge in [0.15, 0.2) is 0 Å². The Morgan fingerprint density at radius 1 is 1.29 bits per heavy atom. The van der Waals surface area contributed by atoms with E-state index < -0.39 is 12.1 Å². The van der Waals surface area contributed by atoms with Gasteiger partial charge in [0, 0.05) is 10.1 Å². The van der Waals surface area contributed by atoms with Crippen LogP contribution in [0.1, 0.15) is 32.8 Å². The number of benzene rings is 1. The van der Waals surface area contributed by atoms with Crippen LogP contribution in [-0.4, -0.2) is 28.8 Å². The van der Waals surface area contributed by atoms with Crippen molar-refractivity contribution >= 4 is 34.4 Å². The van der Waals surface area contributed by atoms with Gasteiger partial charge in [0.1, 0.15) is 12.1 Å². The minimum Gasteiger partial charge on any atom is -0.342 e. The van der Waals surface area contributed by atoms with E-state index in [1.165, 1.54) is 0 Å². The monoisotopic (exact) mass is 400 g/mol. The summed E-state index contributed by atoms with van der Waals surface area (Å²) in [5.74, 6) is 0.105. The maximum Gasteiger partial charge on any atom is 0.246 e. The SMILES string of the molecule is CCC(C)C1NC(=O)C(C)N(Cc2ccc(I)cc2)C1=O. The van der Waals surface area contributed by atoms with E-state index in [-0.39, 0.29) is 17.7 Å². The van der Waals surface area contributed by atoms with Crippen LogP contribution in [0, 0.1) is 9.49 Å². The number of hydrogen-bond acceptors (Lipinski definition) is 2. The summed E-state index contributed by atoms with van der Waals surface area (Å²) in [4.78, 5) is 26.5. The molecule has 2 amide bonds. The first kappa shape index (κ1) is 16.3. The van der Waals surface area contributed by atoms with E-state index in [1.54, 1.807) is 11.8 Å². The molecule has 21 heavy (non-hydrogen) atoms. The number of carbonyl (C=O) groups is 2. The lowest BCUT2D eigenvalue weighted by molar-refractivity contribution is -0.150. The Kier molecular flexibility index (Phi) is 5.24. The van der Waals surface area contributed by atoms with Gasteiger partial charge in [-0.3, -0.25) is 9.59 Å². The second-order valence-electron chi connectivity index (χ2n) is 5.64. The zero-order chi connectivity index (χ0) is 15.6. The topological polar surface area (TPSA) is 49.4 Å². The van der Waals surface area contributed by atoms with E-state index >= 15 is 0 Å². The van der Waals surface area contributed by atoms with Crippen molar-refractivity contribution in [2.45, 2.75) is 45.8 Å². The number of hydrogen-bond donors (Lipinski definition) is 1. The molecule has 114 valence electrons. The standard InChI is InChI=1S/C16H21IN2O2/c1-4-10(2)14-16(21)19(11(3)15(20)18-14)9-12-5-7-13(17)8-6-12/h5-8,10-11,14H,4,9H2,1-3H3,(H,18,20). The Bertz CT molecular complexity index is 530. The van der Waals surface area contributed by atoms with Crippen LogP contribution in [-0.2, 0) is 16.1 Å². The van der Waals surface area contributed by atoms with Gasteiger partial charge in [-0.25, -0.2) is 0 Å². The van der Waals surface area contributed by atoms with Crippen molar-refractivity contribution in [1.82, 2.24) is 10.2 Å². The number of halogens is 1. The summed E-state index contributed by atoms with van der Waals surface area (Å²) >= 11 is 2.25. The lowest BCUT2D eigenvalue weighted by atomic mass is 9.94. The number of amides is 2. The van der Waals surface area contributed by atoms with Gasteiger partial charge >= 0.3 is 0 Å². The molecule has 3 unspecified atom stereocenters. The average Bonchev–Trinajstić information content (AvgIpc) is 2.48. The molecule has 0 aromatic heterocycles. The summed E-state index contributed by atoms with van der Waals surface area (Å²) in [6, 6.07) is 7.22. The zero-order valence-corrected chi connectivity index (χ0v) is 14.8. The van der Waals surface area contributed by atoms with Crippen LogP contribution in [0.3, 0.4) is 0 Å². The number of nitrogens with zero attached hydrogens (tertiary/aromatic N) is 1. The van der Waals surface area contributed by atoms with Crippen molar-refractivity contribution in [3.8, 4) is 0 Å². The van der Waals surface area contributed by atoms with Gasteiger partial charge in [0.25, 0.3) is 0 Å². The van der Waals surface area contributed by atoms with Crippen LogP contribution >= 0.6 is 22.6 Å².